The molecule has 2 heterocycles. The van der Waals surface area contributed by atoms with Gasteiger partial charge in [0.1, 0.15) is 5.75 Å². The molecule has 0 radical (unpaired) electrons. The lowest BCUT2D eigenvalue weighted by Gasteiger charge is -2.65. The van der Waals surface area contributed by atoms with Crippen LogP contribution in [0, 0.1) is 12.8 Å². The Bertz CT molecular complexity index is 785. The zero-order valence-electron chi connectivity index (χ0n) is 20.4. The van der Waals surface area contributed by atoms with E-state index >= 15 is 0 Å². The number of ether oxygens (including phenoxy) is 1. The fourth-order valence-electron chi connectivity index (χ4n) is 6.72. The molecule has 2 nitrogen and oxygen atoms in total. The fraction of sp³-hybridized carbons (Fsp3) is 0.652. The quantitative estimate of drug-likeness (QED) is 0.360. The van der Waals surface area contributed by atoms with E-state index in [0.29, 0.717) is 5.92 Å². The molecule has 3 rings (SSSR count). The average Bonchev–Trinajstić information content (AvgIpc) is 2.69. The van der Waals surface area contributed by atoms with E-state index in [1.165, 1.54) is 17.2 Å². The summed E-state index contributed by atoms with van der Waals surface area (Å²) in [6, 6.07) is 8.13. The Morgan fingerprint density at radius 2 is 1.62 bits per heavy atom. The van der Waals surface area contributed by atoms with E-state index in [4.69, 9.17) is 9.16 Å². The lowest BCUT2D eigenvalue weighted by molar-refractivity contribution is 0.0888. The Morgan fingerprint density at radius 1 is 1.00 bits per heavy atom. The lowest BCUT2D eigenvalue weighted by Crippen LogP contribution is -2.84. The highest BCUT2D eigenvalue weighted by Crippen LogP contribution is 2.59. The molecule has 2 atom stereocenters. The van der Waals surface area contributed by atoms with E-state index in [-0.39, 0.29) is 5.22 Å². The standard InChI is InChI=1S/C23H42O2Si4/c1-19-13-11-15-21-22(19)24-17-16-20-14-12-18-29(27(5,6)7,28(8,9)10)23(20,21)25-26(2,3)4/h11-15,20H,16-18H2,1-10H3. The Kier molecular flexibility index (Phi) is 5.88. The first-order valence-corrected chi connectivity index (χ1v) is 25.9. The Labute approximate surface area is 182 Å². The third kappa shape index (κ3) is 3.52. The summed E-state index contributed by atoms with van der Waals surface area (Å²) < 4.78 is 14.1. The molecule has 0 N–H and O–H groups in total. The predicted molar refractivity (Wildman–Crippen MR) is 137 cm³/mol. The summed E-state index contributed by atoms with van der Waals surface area (Å²) in [7, 11) is -6.80. The van der Waals surface area contributed by atoms with Crippen molar-refractivity contribution in [2.75, 3.05) is 6.61 Å². The zero-order chi connectivity index (χ0) is 21.9. The Hall–Kier alpha value is -0.412. The summed E-state index contributed by atoms with van der Waals surface area (Å²) in [6.45, 7) is 26.1. The maximum Gasteiger partial charge on any atom is 0.184 e. The minimum Gasteiger partial charge on any atom is -0.493 e. The zero-order valence-corrected chi connectivity index (χ0v) is 24.4. The topological polar surface area (TPSA) is 18.5 Å². The molecule has 0 amide bonds. The molecule has 162 valence electrons. The first-order valence-electron chi connectivity index (χ1n) is 11.3. The van der Waals surface area contributed by atoms with E-state index in [0.717, 1.165) is 18.8 Å². The third-order valence-electron chi connectivity index (χ3n) is 7.26. The van der Waals surface area contributed by atoms with Gasteiger partial charge in [-0.05, 0) is 44.6 Å². The molecule has 1 aromatic carbocycles. The van der Waals surface area contributed by atoms with Crippen molar-refractivity contribution in [3.05, 3.63) is 41.5 Å². The van der Waals surface area contributed by atoms with E-state index in [1.807, 2.05) is 0 Å². The highest BCUT2D eigenvalue weighted by Gasteiger charge is 2.71. The Balaban J connectivity index is 2.52. The van der Waals surface area contributed by atoms with Crippen molar-refractivity contribution in [2.24, 2.45) is 5.92 Å². The number of para-hydroxylation sites is 1. The number of hydrogen-bond acceptors (Lipinski definition) is 2. The van der Waals surface area contributed by atoms with Crippen molar-refractivity contribution in [3.63, 3.8) is 0 Å². The van der Waals surface area contributed by atoms with Crippen LogP contribution in [0.1, 0.15) is 17.5 Å². The van der Waals surface area contributed by atoms with Gasteiger partial charge in [-0.1, -0.05) is 69.6 Å². The SMILES string of the molecule is Cc1cccc2c1OCCC1C=CC[Si]([Si](C)(C)C)([Si](C)(C)C)C21O[Si](C)(C)C. The summed E-state index contributed by atoms with van der Waals surface area (Å²) in [4.78, 5) is 0. The van der Waals surface area contributed by atoms with Crippen molar-refractivity contribution < 1.29 is 9.16 Å². The Morgan fingerprint density at radius 3 is 2.17 bits per heavy atom. The number of rotatable bonds is 4. The molecule has 0 aromatic heterocycles. The summed E-state index contributed by atoms with van der Waals surface area (Å²) in [5, 5.41) is -0.140. The molecule has 0 bridgehead atoms. The van der Waals surface area contributed by atoms with Gasteiger partial charge in [-0.2, -0.15) is 0 Å². The van der Waals surface area contributed by atoms with Crippen LogP contribution in [0.2, 0.25) is 65.0 Å². The van der Waals surface area contributed by atoms with E-state index < -0.39 is 30.6 Å². The maximum absolute atomic E-state index is 7.64. The molecule has 29 heavy (non-hydrogen) atoms. The first kappa shape index (κ1) is 23.3. The number of fused-ring (bicyclic) bond motifs is 3. The summed E-state index contributed by atoms with van der Waals surface area (Å²) >= 11 is 0. The van der Waals surface area contributed by atoms with Gasteiger partial charge in [-0.3, -0.25) is 0 Å². The molecule has 2 aliphatic heterocycles. The van der Waals surface area contributed by atoms with Crippen LogP contribution < -0.4 is 4.74 Å². The number of allylic oxidation sites excluding steroid dienone is 1. The van der Waals surface area contributed by atoms with Gasteiger partial charge in [-0.15, -0.1) is 0 Å². The predicted octanol–water partition coefficient (Wildman–Crippen LogP) is 6.83. The normalized spacial score (nSPS) is 26.9. The van der Waals surface area contributed by atoms with Gasteiger partial charge in [0.2, 0.25) is 0 Å². The monoisotopic (exact) mass is 462 g/mol. The lowest BCUT2D eigenvalue weighted by atomic mass is 9.91. The molecular weight excluding hydrogens is 421 g/mol. The third-order valence-corrected chi connectivity index (χ3v) is 48.7. The van der Waals surface area contributed by atoms with Gasteiger partial charge >= 0.3 is 0 Å². The highest BCUT2D eigenvalue weighted by atomic mass is 29.6. The number of hydrogen-bond donors (Lipinski definition) is 0. The molecule has 2 aliphatic rings. The van der Waals surface area contributed by atoms with Crippen LogP contribution in [0.15, 0.2) is 30.4 Å². The van der Waals surface area contributed by atoms with E-state index in [9.17, 15) is 0 Å². The molecule has 0 spiro atoms. The number of benzene rings is 1. The van der Waals surface area contributed by atoms with E-state index in [2.05, 4.69) is 96.2 Å². The van der Waals surface area contributed by atoms with Gasteiger partial charge in [0.15, 0.2) is 8.32 Å². The smallest absolute Gasteiger partial charge is 0.184 e. The molecule has 6 heteroatoms. The van der Waals surface area contributed by atoms with Crippen LogP contribution in [-0.2, 0) is 9.65 Å². The van der Waals surface area contributed by atoms with Gasteiger partial charge < -0.3 is 9.16 Å². The van der Waals surface area contributed by atoms with Crippen molar-refractivity contribution in [2.45, 2.75) is 83.5 Å². The van der Waals surface area contributed by atoms with Crippen LogP contribution >= 0.6 is 0 Å². The van der Waals surface area contributed by atoms with Crippen molar-refractivity contribution >= 4 is 30.6 Å². The van der Waals surface area contributed by atoms with Gasteiger partial charge in [0, 0.05) is 26.7 Å². The molecule has 1 aromatic rings. The molecule has 2 unspecified atom stereocenters. The summed E-state index contributed by atoms with van der Waals surface area (Å²) in [5.74, 6) is 1.58. The minimum atomic E-state index is -1.89. The molecule has 0 saturated carbocycles. The second-order valence-corrected chi connectivity index (χ2v) is 44.2. The van der Waals surface area contributed by atoms with Crippen LogP contribution in [0.5, 0.6) is 5.75 Å². The maximum atomic E-state index is 7.64. The average molecular weight is 463 g/mol. The fourth-order valence-corrected chi connectivity index (χ4v) is 58.5. The van der Waals surface area contributed by atoms with Crippen LogP contribution in [0.4, 0.5) is 0 Å². The number of aryl methyl sites for hydroxylation is 1. The first-order chi connectivity index (χ1) is 13.2. The molecule has 0 saturated heterocycles. The van der Waals surface area contributed by atoms with Crippen molar-refractivity contribution in [3.8, 4) is 5.75 Å². The molecule has 0 aliphatic carbocycles. The van der Waals surface area contributed by atoms with Crippen molar-refractivity contribution in [1.29, 1.82) is 0 Å². The van der Waals surface area contributed by atoms with Crippen LogP contribution in [-0.4, -0.2) is 37.2 Å². The minimum absolute atomic E-state index is 0.140. The van der Waals surface area contributed by atoms with Crippen LogP contribution in [0.3, 0.4) is 0 Å². The largest absolute Gasteiger partial charge is 0.493 e. The second kappa shape index (κ2) is 7.33. The summed E-state index contributed by atoms with van der Waals surface area (Å²) in [6.07, 6.45) is 6.16. The van der Waals surface area contributed by atoms with Crippen molar-refractivity contribution in [1.82, 2.24) is 0 Å². The van der Waals surface area contributed by atoms with Gasteiger partial charge in [-0.25, -0.2) is 0 Å². The van der Waals surface area contributed by atoms with E-state index in [1.54, 1.807) is 0 Å². The summed E-state index contributed by atoms with van der Waals surface area (Å²) in [5.41, 5.74) is 2.67. The van der Waals surface area contributed by atoms with Gasteiger partial charge in [0.25, 0.3) is 0 Å². The van der Waals surface area contributed by atoms with Gasteiger partial charge in [0.05, 0.1) is 18.9 Å². The second-order valence-electron chi connectivity index (χ2n) is 12.2. The van der Waals surface area contributed by atoms with Crippen LogP contribution in [0.25, 0.3) is 0 Å². The molecule has 0 fully saturated rings. The molecular formula is C23H42O2Si4. The highest BCUT2D eigenvalue weighted by molar-refractivity contribution is 7.69.